The van der Waals surface area contributed by atoms with E-state index in [2.05, 4.69) is 16.9 Å². The molecule has 1 N–H and O–H groups in total. The van der Waals surface area contributed by atoms with E-state index in [9.17, 15) is 14.4 Å². The van der Waals surface area contributed by atoms with E-state index in [1.54, 1.807) is 36.4 Å². The lowest BCUT2D eigenvalue weighted by molar-refractivity contribution is -0.115. The minimum atomic E-state index is -0.674. The van der Waals surface area contributed by atoms with E-state index in [4.69, 9.17) is 0 Å². The number of carbonyl (C=O) groups excluding carboxylic acids is 2. The maximum Gasteiger partial charge on any atom is 0.263 e. The molecule has 0 aliphatic heterocycles. The molecule has 0 radical (unpaired) electrons. The monoisotopic (exact) mass is 475 g/mol. The molecule has 1 atom stereocenters. The van der Waals surface area contributed by atoms with E-state index in [1.165, 1.54) is 34.6 Å². The molecule has 0 bridgehead atoms. The second kappa shape index (κ2) is 9.97. The Bertz CT molecular complexity index is 1390. The number of fused-ring (bicyclic) bond motifs is 1. The molecule has 0 aliphatic rings. The number of amides is 1. The third kappa shape index (κ3) is 4.97. The summed E-state index contributed by atoms with van der Waals surface area (Å²) in [4.78, 5) is 43.5. The summed E-state index contributed by atoms with van der Waals surface area (Å²) < 4.78 is 1.53. The van der Waals surface area contributed by atoms with Crippen molar-refractivity contribution in [1.29, 1.82) is 0 Å². The highest BCUT2D eigenvalue weighted by Gasteiger charge is 2.25. The summed E-state index contributed by atoms with van der Waals surface area (Å²) in [7, 11) is 0. The number of nitrogens with zero attached hydrogens (tertiary/aromatic N) is 2. The van der Waals surface area contributed by atoms with Gasteiger partial charge in [-0.15, -0.1) is 17.9 Å². The molecule has 1 amide bonds. The predicted octanol–water partition coefficient (Wildman–Crippen LogP) is 5.32. The van der Waals surface area contributed by atoms with Gasteiger partial charge in [-0.2, -0.15) is 0 Å². The van der Waals surface area contributed by atoms with Gasteiger partial charge in [-0.1, -0.05) is 60.3 Å². The smallest absolute Gasteiger partial charge is 0.263 e. The number of hydrogen-bond donors (Lipinski definition) is 1. The van der Waals surface area contributed by atoms with E-state index < -0.39 is 5.25 Å². The molecule has 6 nitrogen and oxygen atoms in total. The average Bonchev–Trinajstić information content (AvgIpc) is 3.29. The van der Waals surface area contributed by atoms with Crippen molar-refractivity contribution in [2.45, 2.75) is 23.9 Å². The Morgan fingerprint density at radius 3 is 2.70 bits per heavy atom. The van der Waals surface area contributed by atoms with Crippen molar-refractivity contribution in [3.05, 3.63) is 100 Å². The van der Waals surface area contributed by atoms with Crippen LogP contribution >= 0.6 is 23.1 Å². The van der Waals surface area contributed by atoms with E-state index in [1.807, 2.05) is 35.7 Å². The van der Waals surface area contributed by atoms with Crippen LogP contribution in [0.4, 0.5) is 5.69 Å². The highest BCUT2D eigenvalue weighted by atomic mass is 32.2. The molecule has 166 valence electrons. The van der Waals surface area contributed by atoms with Gasteiger partial charge in [0.25, 0.3) is 5.56 Å². The highest BCUT2D eigenvalue weighted by Crippen LogP contribution is 2.36. The van der Waals surface area contributed by atoms with Gasteiger partial charge in [-0.05, 0) is 36.1 Å². The molecule has 0 saturated carbocycles. The van der Waals surface area contributed by atoms with Crippen molar-refractivity contribution in [3.8, 4) is 0 Å². The first-order valence-electron chi connectivity index (χ1n) is 10.2. The van der Waals surface area contributed by atoms with Crippen molar-refractivity contribution >= 4 is 50.7 Å². The third-order valence-electron chi connectivity index (χ3n) is 4.96. The minimum absolute atomic E-state index is 0.0815. The summed E-state index contributed by atoms with van der Waals surface area (Å²) in [6.45, 7) is 5.52. The van der Waals surface area contributed by atoms with Crippen molar-refractivity contribution < 1.29 is 9.59 Å². The molecule has 8 heteroatoms. The number of thioether (sulfide) groups is 1. The molecule has 0 fully saturated rings. The fourth-order valence-electron chi connectivity index (χ4n) is 3.34. The first kappa shape index (κ1) is 22.7. The van der Waals surface area contributed by atoms with Gasteiger partial charge in [-0.3, -0.25) is 19.0 Å². The van der Waals surface area contributed by atoms with Crippen molar-refractivity contribution in [2.24, 2.45) is 0 Å². The van der Waals surface area contributed by atoms with Gasteiger partial charge in [0.1, 0.15) is 10.1 Å². The Hall–Kier alpha value is -3.49. The Balaban J connectivity index is 1.73. The second-order valence-electron chi connectivity index (χ2n) is 7.27. The number of nitrogens with one attached hydrogen (secondary N) is 1. The molecule has 33 heavy (non-hydrogen) atoms. The maximum absolute atomic E-state index is 13.4. The first-order chi connectivity index (χ1) is 16.0. The van der Waals surface area contributed by atoms with Crippen LogP contribution in [0.2, 0.25) is 0 Å². The number of Topliss-reactive ketones (excluding diaryl/α,β-unsaturated/α-hetero) is 1. The molecule has 0 saturated heterocycles. The standard InChI is InChI=1S/C25H21N3O3S2/c1-3-13-28-24(31)20-12-14-32-23(20)27-25(28)33-21(17-8-5-4-6-9-17)22(30)26-19-11-7-10-18(15-19)16(2)29/h3-12,14-15,21H,1,13H2,2H3,(H,26,30). The van der Waals surface area contributed by atoms with Gasteiger partial charge < -0.3 is 5.32 Å². The van der Waals surface area contributed by atoms with Crippen LogP contribution in [0.5, 0.6) is 0 Å². The molecule has 0 aliphatic carbocycles. The number of thiophene rings is 1. The summed E-state index contributed by atoms with van der Waals surface area (Å²) in [6, 6.07) is 17.9. The number of anilines is 1. The molecule has 1 unspecified atom stereocenters. The van der Waals surface area contributed by atoms with Gasteiger partial charge in [0.2, 0.25) is 5.91 Å². The summed E-state index contributed by atoms with van der Waals surface area (Å²) >= 11 is 2.59. The second-order valence-corrected chi connectivity index (χ2v) is 9.24. The summed E-state index contributed by atoms with van der Waals surface area (Å²) in [5.41, 5.74) is 1.65. The van der Waals surface area contributed by atoms with Crippen LogP contribution in [0, 0.1) is 0 Å². The number of carbonyl (C=O) groups is 2. The quantitative estimate of drug-likeness (QED) is 0.161. The maximum atomic E-state index is 13.4. The Morgan fingerprint density at radius 2 is 1.97 bits per heavy atom. The molecule has 2 aromatic carbocycles. The molecular weight excluding hydrogens is 454 g/mol. The average molecular weight is 476 g/mol. The van der Waals surface area contributed by atoms with Gasteiger partial charge in [0.05, 0.1) is 5.39 Å². The van der Waals surface area contributed by atoms with E-state index in [0.29, 0.717) is 26.6 Å². The normalized spacial score (nSPS) is 11.8. The zero-order chi connectivity index (χ0) is 23.4. The number of rotatable bonds is 8. The van der Waals surface area contributed by atoms with Crippen LogP contribution < -0.4 is 10.9 Å². The van der Waals surface area contributed by atoms with Crippen molar-refractivity contribution in [3.63, 3.8) is 0 Å². The number of ketones is 1. The van der Waals surface area contributed by atoms with Gasteiger partial charge in [-0.25, -0.2) is 4.98 Å². The third-order valence-corrected chi connectivity index (χ3v) is 7.01. The SMILES string of the molecule is C=CCn1c(SC(C(=O)Nc2cccc(C(C)=O)c2)c2ccccc2)nc2sccc2c1=O. The Morgan fingerprint density at radius 1 is 1.18 bits per heavy atom. The minimum Gasteiger partial charge on any atom is -0.325 e. The van der Waals surface area contributed by atoms with Crippen molar-refractivity contribution in [2.75, 3.05) is 5.32 Å². The zero-order valence-corrected chi connectivity index (χ0v) is 19.5. The molecule has 4 rings (SSSR count). The van der Waals surface area contributed by atoms with E-state index in [-0.39, 0.29) is 23.8 Å². The highest BCUT2D eigenvalue weighted by molar-refractivity contribution is 8.00. The lowest BCUT2D eigenvalue weighted by Crippen LogP contribution is -2.24. The molecule has 0 spiro atoms. The van der Waals surface area contributed by atoms with Crippen LogP contribution in [0.1, 0.15) is 28.1 Å². The number of benzene rings is 2. The lowest BCUT2D eigenvalue weighted by Gasteiger charge is -2.19. The summed E-state index contributed by atoms with van der Waals surface area (Å²) in [5.74, 6) is -0.362. The Kier molecular flexibility index (Phi) is 6.86. The Labute approximate surface area is 199 Å². The lowest BCUT2D eigenvalue weighted by atomic mass is 10.1. The zero-order valence-electron chi connectivity index (χ0n) is 17.9. The number of hydrogen-bond acceptors (Lipinski definition) is 6. The first-order valence-corrected chi connectivity index (χ1v) is 12.0. The molecule has 2 aromatic heterocycles. The molecular formula is C25H21N3O3S2. The number of aromatic nitrogens is 2. The summed E-state index contributed by atoms with van der Waals surface area (Å²) in [5, 5.41) is 5.05. The van der Waals surface area contributed by atoms with Gasteiger partial charge in [0.15, 0.2) is 10.9 Å². The predicted molar refractivity (Wildman–Crippen MR) is 134 cm³/mol. The number of allylic oxidation sites excluding steroid dienone is 1. The van der Waals surface area contributed by atoms with Crippen LogP contribution in [0.15, 0.2) is 88.6 Å². The van der Waals surface area contributed by atoms with E-state index in [0.717, 1.165) is 5.56 Å². The summed E-state index contributed by atoms with van der Waals surface area (Å²) in [6.07, 6.45) is 1.64. The van der Waals surface area contributed by atoms with Crippen LogP contribution in [-0.2, 0) is 11.3 Å². The fourth-order valence-corrected chi connectivity index (χ4v) is 5.25. The van der Waals surface area contributed by atoms with Gasteiger partial charge >= 0.3 is 0 Å². The van der Waals surface area contributed by atoms with E-state index >= 15 is 0 Å². The largest absolute Gasteiger partial charge is 0.325 e. The fraction of sp³-hybridized carbons (Fsp3) is 0.120. The molecule has 2 heterocycles. The molecule has 4 aromatic rings. The van der Waals surface area contributed by atoms with Crippen LogP contribution in [0.3, 0.4) is 0 Å². The van der Waals surface area contributed by atoms with Crippen molar-refractivity contribution in [1.82, 2.24) is 9.55 Å². The van der Waals surface area contributed by atoms with Crippen LogP contribution in [-0.4, -0.2) is 21.2 Å². The topological polar surface area (TPSA) is 81.1 Å². The van der Waals surface area contributed by atoms with Crippen LogP contribution in [0.25, 0.3) is 10.2 Å². The van der Waals surface area contributed by atoms with Gasteiger partial charge in [0, 0.05) is 17.8 Å².